The zero-order valence-electron chi connectivity index (χ0n) is 26.1. The van der Waals surface area contributed by atoms with Gasteiger partial charge in [-0.15, -0.1) is 5.10 Å². The Morgan fingerprint density at radius 1 is 1.19 bits per heavy atom. The van der Waals surface area contributed by atoms with E-state index < -0.39 is 23.3 Å². The lowest BCUT2D eigenvalue weighted by molar-refractivity contribution is -0.167. The van der Waals surface area contributed by atoms with E-state index in [1.54, 1.807) is 4.52 Å². The van der Waals surface area contributed by atoms with Crippen molar-refractivity contribution in [2.24, 2.45) is 5.92 Å². The number of hydrogen-bond donors (Lipinski definition) is 2. The van der Waals surface area contributed by atoms with E-state index in [1.165, 1.54) is 0 Å². The predicted molar refractivity (Wildman–Crippen MR) is 162 cm³/mol. The van der Waals surface area contributed by atoms with Gasteiger partial charge in [0.15, 0.2) is 5.82 Å². The van der Waals surface area contributed by atoms with Crippen molar-refractivity contribution in [2.45, 2.75) is 110 Å². The number of rotatable bonds is 8. The molecule has 1 saturated carbocycles. The van der Waals surface area contributed by atoms with E-state index in [0.717, 1.165) is 48.2 Å². The van der Waals surface area contributed by atoms with Gasteiger partial charge in [-0.2, -0.15) is 4.98 Å². The van der Waals surface area contributed by atoms with Crippen LogP contribution in [0.15, 0.2) is 41.7 Å². The van der Waals surface area contributed by atoms with Gasteiger partial charge in [0.05, 0.1) is 11.6 Å². The second-order valence-corrected chi connectivity index (χ2v) is 13.1. The molecule has 1 aromatic carbocycles. The number of carbonyl (C=O) groups excluding carboxylic acids is 2. The Morgan fingerprint density at radius 2 is 1.88 bits per heavy atom. The van der Waals surface area contributed by atoms with E-state index in [0.29, 0.717) is 24.4 Å². The monoisotopic (exact) mass is 589 g/mol. The Balaban J connectivity index is 1.29. The van der Waals surface area contributed by atoms with Crippen molar-refractivity contribution < 1.29 is 24.2 Å². The van der Waals surface area contributed by atoms with Gasteiger partial charge in [0.25, 0.3) is 5.78 Å². The molecule has 5 rings (SSSR count). The first-order valence-corrected chi connectivity index (χ1v) is 15.2. The summed E-state index contributed by atoms with van der Waals surface area (Å²) in [6.45, 7) is 11.3. The van der Waals surface area contributed by atoms with Crippen molar-refractivity contribution in [1.82, 2.24) is 24.9 Å². The van der Waals surface area contributed by atoms with Crippen molar-refractivity contribution in [2.75, 3.05) is 0 Å². The van der Waals surface area contributed by atoms with Crippen LogP contribution in [0.4, 0.5) is 4.79 Å². The Labute approximate surface area is 252 Å². The number of aliphatic hydroxyl groups excluding tert-OH is 1. The number of nitrogens with zero attached hydrogens (tertiary/aromatic N) is 4. The van der Waals surface area contributed by atoms with Crippen LogP contribution >= 0.6 is 0 Å². The predicted octanol–water partition coefficient (Wildman–Crippen LogP) is 6.19. The van der Waals surface area contributed by atoms with Crippen LogP contribution in [0.25, 0.3) is 5.78 Å². The molecule has 0 spiro atoms. The summed E-state index contributed by atoms with van der Waals surface area (Å²) >= 11 is 0. The topological polar surface area (TPSA) is 128 Å². The van der Waals surface area contributed by atoms with Gasteiger partial charge in [0.1, 0.15) is 17.0 Å². The summed E-state index contributed by atoms with van der Waals surface area (Å²) in [5, 5.41) is 18.7. The van der Waals surface area contributed by atoms with E-state index in [2.05, 4.69) is 20.4 Å². The van der Waals surface area contributed by atoms with Crippen LogP contribution in [-0.2, 0) is 27.1 Å². The molecule has 2 atom stereocenters. The number of amides is 1. The molecule has 1 aliphatic heterocycles. The fourth-order valence-corrected chi connectivity index (χ4v) is 6.32. The van der Waals surface area contributed by atoms with Crippen molar-refractivity contribution >= 4 is 17.8 Å². The number of carbonyl (C=O) groups is 2. The molecule has 0 radical (unpaired) electrons. The zero-order valence-corrected chi connectivity index (χ0v) is 26.1. The maximum Gasteiger partial charge on any atom is 0.408 e. The van der Waals surface area contributed by atoms with Gasteiger partial charge in [-0.3, -0.25) is 0 Å². The molecule has 3 heterocycles. The molecule has 10 nitrogen and oxygen atoms in total. The highest BCUT2D eigenvalue weighted by Gasteiger charge is 2.48. The molecule has 10 heteroatoms. The van der Waals surface area contributed by atoms with Crippen molar-refractivity contribution in [3.63, 3.8) is 0 Å². The highest BCUT2D eigenvalue weighted by molar-refractivity contribution is 5.90. The Morgan fingerprint density at radius 3 is 2.53 bits per heavy atom. The van der Waals surface area contributed by atoms with E-state index in [9.17, 15) is 14.7 Å². The van der Waals surface area contributed by atoms with Crippen LogP contribution in [0.3, 0.4) is 0 Å². The van der Waals surface area contributed by atoms with Crippen molar-refractivity contribution in [3.8, 4) is 0 Å². The molecule has 2 aromatic heterocycles. The summed E-state index contributed by atoms with van der Waals surface area (Å²) in [6, 6.07) is 9.80. The van der Waals surface area contributed by atoms with Gasteiger partial charge >= 0.3 is 12.1 Å². The molecular formula is C33H43N5O5. The van der Waals surface area contributed by atoms with Crippen LogP contribution in [0, 0.1) is 19.8 Å². The minimum Gasteiger partial charge on any atom is -0.512 e. The smallest absolute Gasteiger partial charge is 0.408 e. The highest BCUT2D eigenvalue weighted by atomic mass is 16.6. The van der Waals surface area contributed by atoms with Gasteiger partial charge in [-0.05, 0) is 90.3 Å². The lowest BCUT2D eigenvalue weighted by Crippen LogP contribution is -2.46. The largest absolute Gasteiger partial charge is 0.512 e. The molecule has 3 aromatic rings. The van der Waals surface area contributed by atoms with E-state index in [4.69, 9.17) is 9.47 Å². The number of benzene rings is 1. The molecule has 2 N–H and O–H groups in total. The van der Waals surface area contributed by atoms with Crippen LogP contribution in [0.2, 0.25) is 0 Å². The number of nitrogens with one attached hydrogen (secondary N) is 1. The van der Waals surface area contributed by atoms with Crippen molar-refractivity contribution in [3.05, 3.63) is 70.0 Å². The summed E-state index contributed by atoms with van der Waals surface area (Å²) in [4.78, 5) is 34.6. The third-order valence-electron chi connectivity index (χ3n) is 8.50. The van der Waals surface area contributed by atoms with Gasteiger partial charge in [-0.25, -0.2) is 19.1 Å². The molecule has 2 aliphatic rings. The number of aryl methyl sites for hydroxylation is 3. The second kappa shape index (κ2) is 12.0. The molecule has 1 unspecified atom stereocenters. The number of alkyl carbamates (subject to hydrolysis) is 1. The number of ether oxygens (including phenoxy) is 2. The molecule has 1 aliphatic carbocycles. The Hall–Kier alpha value is -3.95. The maximum absolute atomic E-state index is 13.5. The first-order valence-electron chi connectivity index (χ1n) is 15.2. The third kappa shape index (κ3) is 7.00. The quantitative estimate of drug-likeness (QED) is 0.298. The summed E-state index contributed by atoms with van der Waals surface area (Å²) < 4.78 is 13.3. The summed E-state index contributed by atoms with van der Waals surface area (Å²) in [5.41, 5.74) is 2.70. The van der Waals surface area contributed by atoms with Gasteiger partial charge in [0.2, 0.25) is 0 Å². The lowest BCUT2D eigenvalue weighted by Gasteiger charge is -2.41. The first kappa shape index (κ1) is 30.5. The van der Waals surface area contributed by atoms with E-state index in [1.807, 2.05) is 71.9 Å². The number of aromatic nitrogens is 4. The van der Waals surface area contributed by atoms with E-state index in [-0.39, 0.29) is 36.1 Å². The molecule has 0 bridgehead atoms. The number of esters is 1. The van der Waals surface area contributed by atoms with E-state index >= 15 is 0 Å². The number of fused-ring (bicyclic) bond motifs is 1. The number of cyclic esters (lactones) is 1. The minimum absolute atomic E-state index is 0.0697. The molecular weight excluding hydrogens is 546 g/mol. The van der Waals surface area contributed by atoms with Gasteiger partial charge in [0, 0.05) is 24.2 Å². The molecule has 1 fully saturated rings. The number of aliphatic hydroxyl groups is 1. The molecule has 43 heavy (non-hydrogen) atoms. The first-order chi connectivity index (χ1) is 20.3. The molecule has 0 saturated heterocycles. The van der Waals surface area contributed by atoms with Gasteiger partial charge < -0.3 is 19.9 Å². The van der Waals surface area contributed by atoms with Crippen molar-refractivity contribution in [1.29, 1.82) is 0 Å². The van der Waals surface area contributed by atoms with Crippen LogP contribution in [-0.4, -0.2) is 48.0 Å². The average molecular weight is 590 g/mol. The second-order valence-electron chi connectivity index (χ2n) is 13.1. The fraction of sp³-hybridized carbons (Fsp3) is 0.545. The minimum atomic E-state index is -0.757. The Bertz CT molecular complexity index is 1530. The normalized spacial score (nSPS) is 20.4. The highest BCUT2D eigenvalue weighted by Crippen LogP contribution is 2.46. The standard InChI is InChI=1S/C33H43N5O5/c1-20-17-21(2)38-30(34-20)36-28(37-38)18-26-27(39)19-33(42-29(26)40,25-9-7-8-10-25)16-15-23-11-13-24(14-12-23)22(3)35-31(41)43-32(4,5)6/h11-14,17,22,25,39H,7-10,15-16,18-19H2,1-6H3,(H,35,41)/t22-,33?/m1/s1. The maximum atomic E-state index is 13.5. The zero-order chi connectivity index (χ0) is 30.9. The average Bonchev–Trinajstić information content (AvgIpc) is 3.60. The fourth-order valence-electron chi connectivity index (χ4n) is 6.32. The molecule has 1 amide bonds. The summed E-state index contributed by atoms with van der Waals surface area (Å²) in [7, 11) is 0. The lowest BCUT2D eigenvalue weighted by atomic mass is 9.76. The number of hydrogen-bond acceptors (Lipinski definition) is 8. The summed E-state index contributed by atoms with van der Waals surface area (Å²) in [6.07, 6.45) is 5.36. The summed E-state index contributed by atoms with van der Waals surface area (Å²) in [5.74, 6) is 0.662. The van der Waals surface area contributed by atoms with Gasteiger partial charge in [-0.1, -0.05) is 37.1 Å². The Kier molecular flexibility index (Phi) is 8.49. The van der Waals surface area contributed by atoms with Crippen LogP contribution in [0.1, 0.15) is 101 Å². The molecule has 230 valence electrons. The third-order valence-corrected chi connectivity index (χ3v) is 8.50. The SMILES string of the molecule is Cc1cc(C)n2nc(CC3=C(O)CC(CCc4ccc([C@@H](C)NC(=O)OC(C)(C)C)cc4)(C4CCCC4)OC3=O)nc2n1. The van der Waals surface area contributed by atoms with Crippen LogP contribution < -0.4 is 5.32 Å². The van der Waals surface area contributed by atoms with Crippen LogP contribution in [0.5, 0.6) is 0 Å².